The van der Waals surface area contributed by atoms with E-state index in [-0.39, 0.29) is 16.4 Å². The number of anilines is 1. The topological polar surface area (TPSA) is 64.0 Å². The van der Waals surface area contributed by atoms with Crippen LogP contribution in [0.5, 0.6) is 0 Å². The molecule has 2 aliphatic rings. The highest BCUT2D eigenvalue weighted by molar-refractivity contribution is 6.12. The first-order valence-electron chi connectivity index (χ1n) is 19.5. The van der Waals surface area contributed by atoms with Gasteiger partial charge in [-0.2, -0.15) is 0 Å². The van der Waals surface area contributed by atoms with Crippen LogP contribution < -0.4 is 5.01 Å². The molecule has 0 fully saturated rings. The van der Waals surface area contributed by atoms with E-state index in [0.717, 1.165) is 52.4 Å². The minimum Gasteiger partial charge on any atom is -0.478 e. The summed E-state index contributed by atoms with van der Waals surface area (Å²) in [6, 6.07) is 39.3. The van der Waals surface area contributed by atoms with E-state index in [1.807, 2.05) is 12.1 Å². The van der Waals surface area contributed by atoms with Gasteiger partial charge in [0, 0.05) is 19.5 Å². The third-order valence-corrected chi connectivity index (χ3v) is 11.6. The third-order valence-electron chi connectivity index (χ3n) is 11.6. The van der Waals surface area contributed by atoms with E-state index >= 15 is 0 Å². The molecule has 0 spiro atoms. The molecule has 56 heavy (non-hydrogen) atoms. The Kier molecular flexibility index (Phi) is 9.56. The van der Waals surface area contributed by atoms with Crippen LogP contribution in [-0.4, -0.2) is 35.3 Å². The second-order valence-corrected chi connectivity index (χ2v) is 17.0. The van der Waals surface area contributed by atoms with Crippen molar-refractivity contribution in [1.82, 2.24) is 5.01 Å². The number of benzene rings is 6. The molecular formula is C51H50N2O3. The summed E-state index contributed by atoms with van der Waals surface area (Å²) in [6.07, 6.45) is 9.57. The number of hydrogen-bond donors (Lipinski definition) is 2. The van der Waals surface area contributed by atoms with E-state index < -0.39 is 12.1 Å². The lowest BCUT2D eigenvalue weighted by atomic mass is 9.64. The summed E-state index contributed by atoms with van der Waals surface area (Å²) in [5.74, 6) is -0.962. The Balaban J connectivity index is 1.34. The Hall–Kier alpha value is -5.75. The standard InChI is InChI=1S/C51H50N2O3/c1-50(2)27-26-40-38(30-50)31-51(3,4)48-43(40)22-21-42-41(23-24-45(47(42)48)53(52(5)6)32-34-12-8-7-9-13-34)44-29-37(28-36-14-10-11-15-39(36)44)46(54)25-18-33-16-19-35(20-17-33)49(55)56/h7-29,46,54H,30-32H2,1-6H3,(H,55,56). The summed E-state index contributed by atoms with van der Waals surface area (Å²) in [6.45, 7) is 10.2. The number of carboxylic acid groups (broad SMARTS) is 1. The molecule has 2 aliphatic carbocycles. The number of hydrazine groups is 1. The van der Waals surface area contributed by atoms with Gasteiger partial charge >= 0.3 is 5.97 Å². The lowest BCUT2D eigenvalue weighted by molar-refractivity contribution is 0.0697. The average molecular weight is 739 g/mol. The molecule has 0 aromatic heterocycles. The molecule has 1 atom stereocenters. The van der Waals surface area contributed by atoms with Crippen molar-refractivity contribution in [3.8, 4) is 11.1 Å². The van der Waals surface area contributed by atoms with Crippen molar-refractivity contribution in [2.75, 3.05) is 19.1 Å². The van der Waals surface area contributed by atoms with Gasteiger partial charge in [-0.25, -0.2) is 9.80 Å². The molecule has 282 valence electrons. The number of carboxylic acids is 1. The van der Waals surface area contributed by atoms with Crippen molar-refractivity contribution >= 4 is 44.9 Å². The Labute approximate surface area is 330 Å². The number of allylic oxidation sites excluding steroid dienone is 4. The largest absolute Gasteiger partial charge is 0.478 e. The summed E-state index contributed by atoms with van der Waals surface area (Å²) in [5.41, 5.74) is 12.1. The zero-order valence-corrected chi connectivity index (χ0v) is 33.2. The van der Waals surface area contributed by atoms with Crippen molar-refractivity contribution in [3.63, 3.8) is 0 Å². The normalized spacial score (nSPS) is 16.4. The highest BCUT2D eigenvalue weighted by Gasteiger charge is 2.38. The van der Waals surface area contributed by atoms with Crippen molar-refractivity contribution in [3.05, 3.63) is 172 Å². The van der Waals surface area contributed by atoms with Crippen molar-refractivity contribution < 1.29 is 15.0 Å². The Morgan fingerprint density at radius 2 is 1.50 bits per heavy atom. The predicted octanol–water partition coefficient (Wildman–Crippen LogP) is 12.0. The second kappa shape index (κ2) is 14.4. The van der Waals surface area contributed by atoms with Crippen LogP contribution in [0.2, 0.25) is 0 Å². The molecule has 1 unspecified atom stereocenters. The van der Waals surface area contributed by atoms with Gasteiger partial charge in [-0.3, -0.25) is 0 Å². The highest BCUT2D eigenvalue weighted by atomic mass is 16.4. The number of aromatic carboxylic acids is 1. The number of fused-ring (bicyclic) bond motifs is 5. The van der Waals surface area contributed by atoms with Crippen LogP contribution in [-0.2, 0) is 12.0 Å². The van der Waals surface area contributed by atoms with Crippen LogP contribution in [0.1, 0.15) is 84.8 Å². The molecule has 0 bridgehead atoms. The van der Waals surface area contributed by atoms with Gasteiger partial charge in [-0.1, -0.05) is 143 Å². The quantitative estimate of drug-likeness (QED) is 0.145. The number of rotatable bonds is 9. The van der Waals surface area contributed by atoms with E-state index in [1.54, 1.807) is 35.9 Å². The van der Waals surface area contributed by atoms with Gasteiger partial charge in [0.2, 0.25) is 0 Å². The molecule has 6 aromatic carbocycles. The summed E-state index contributed by atoms with van der Waals surface area (Å²) in [5, 5.41) is 30.2. The monoisotopic (exact) mass is 738 g/mol. The van der Waals surface area contributed by atoms with E-state index in [4.69, 9.17) is 0 Å². The Morgan fingerprint density at radius 1 is 0.786 bits per heavy atom. The molecule has 0 heterocycles. The van der Waals surface area contributed by atoms with Crippen molar-refractivity contribution in [2.24, 2.45) is 5.41 Å². The van der Waals surface area contributed by atoms with Crippen LogP contribution in [0.25, 0.3) is 44.3 Å². The third kappa shape index (κ3) is 6.98. The van der Waals surface area contributed by atoms with Gasteiger partial charge in [-0.05, 0) is 115 Å². The van der Waals surface area contributed by atoms with Gasteiger partial charge < -0.3 is 15.2 Å². The van der Waals surface area contributed by atoms with E-state index in [1.165, 1.54) is 38.7 Å². The zero-order chi connectivity index (χ0) is 39.4. The SMILES string of the molecule is CN(C)N(Cc1ccccc1)c1ccc(-c2cc(C(O)C=Cc3ccc(C(=O)O)cc3)cc3ccccc23)c2ccc3c(c12)C(C)(C)CC1=C3C=CC(C)(C)C1. The summed E-state index contributed by atoms with van der Waals surface area (Å²) in [4.78, 5) is 11.4. The maximum absolute atomic E-state index is 11.7. The maximum atomic E-state index is 11.7. The minimum absolute atomic E-state index is 0.124. The summed E-state index contributed by atoms with van der Waals surface area (Å²) in [7, 11) is 4.25. The smallest absolute Gasteiger partial charge is 0.335 e. The molecule has 6 aromatic rings. The maximum Gasteiger partial charge on any atom is 0.335 e. The first kappa shape index (κ1) is 37.2. The number of carbonyl (C=O) groups is 1. The molecule has 5 nitrogen and oxygen atoms in total. The molecule has 0 saturated heterocycles. The number of aliphatic hydroxyl groups excluding tert-OH is 1. The fourth-order valence-electron chi connectivity index (χ4n) is 8.97. The summed E-state index contributed by atoms with van der Waals surface area (Å²) >= 11 is 0. The van der Waals surface area contributed by atoms with Crippen LogP contribution in [0.4, 0.5) is 5.69 Å². The minimum atomic E-state index is -0.962. The van der Waals surface area contributed by atoms with Crippen LogP contribution in [0, 0.1) is 5.41 Å². The summed E-state index contributed by atoms with van der Waals surface area (Å²) < 4.78 is 0. The Morgan fingerprint density at radius 3 is 2.23 bits per heavy atom. The van der Waals surface area contributed by atoms with Crippen LogP contribution in [0.3, 0.4) is 0 Å². The zero-order valence-electron chi connectivity index (χ0n) is 33.2. The van der Waals surface area contributed by atoms with Gasteiger partial charge in [0.05, 0.1) is 23.9 Å². The van der Waals surface area contributed by atoms with E-state index in [2.05, 4.69) is 149 Å². The van der Waals surface area contributed by atoms with Gasteiger partial charge in [0.25, 0.3) is 0 Å². The van der Waals surface area contributed by atoms with Gasteiger partial charge in [0.1, 0.15) is 0 Å². The van der Waals surface area contributed by atoms with Gasteiger partial charge in [-0.15, -0.1) is 0 Å². The molecule has 5 heteroatoms. The highest BCUT2D eigenvalue weighted by Crippen LogP contribution is 2.53. The molecule has 0 radical (unpaired) electrons. The van der Waals surface area contributed by atoms with E-state index in [0.29, 0.717) is 0 Å². The fraction of sp³-hybridized carbons (Fsp3) is 0.235. The molecule has 0 amide bonds. The second-order valence-electron chi connectivity index (χ2n) is 17.0. The predicted molar refractivity (Wildman–Crippen MR) is 233 cm³/mol. The molecule has 8 rings (SSSR count). The molecule has 0 saturated carbocycles. The molecule has 0 aliphatic heterocycles. The lowest BCUT2D eigenvalue weighted by Crippen LogP contribution is -2.37. The number of hydrogen-bond acceptors (Lipinski definition) is 4. The fourth-order valence-corrected chi connectivity index (χ4v) is 8.97. The Bertz CT molecular complexity index is 2580. The van der Waals surface area contributed by atoms with Crippen LogP contribution in [0.15, 0.2) is 139 Å². The van der Waals surface area contributed by atoms with Crippen molar-refractivity contribution in [1.29, 1.82) is 0 Å². The van der Waals surface area contributed by atoms with E-state index in [9.17, 15) is 15.0 Å². The number of nitrogens with zero attached hydrogens (tertiary/aromatic N) is 2. The first-order valence-corrected chi connectivity index (χ1v) is 19.5. The van der Waals surface area contributed by atoms with Crippen molar-refractivity contribution in [2.45, 2.75) is 58.6 Å². The van der Waals surface area contributed by atoms with Gasteiger partial charge in [0.15, 0.2) is 0 Å². The molecule has 2 N–H and O–H groups in total. The average Bonchev–Trinajstić information content (AvgIpc) is 3.17. The molecular weight excluding hydrogens is 689 g/mol. The first-order chi connectivity index (χ1) is 26.8. The lowest BCUT2D eigenvalue weighted by Gasteiger charge is -2.42. The number of aliphatic hydroxyl groups is 1. The van der Waals surface area contributed by atoms with Crippen LogP contribution >= 0.6 is 0 Å².